The van der Waals surface area contributed by atoms with Crippen molar-refractivity contribution in [2.75, 3.05) is 13.2 Å². The lowest BCUT2D eigenvalue weighted by molar-refractivity contribution is -0.383. The third-order valence-corrected chi connectivity index (χ3v) is 18.1. The van der Waals surface area contributed by atoms with Gasteiger partial charge in [0.2, 0.25) is 0 Å². The number of ether oxygens (including phenoxy) is 3. The molecule has 14 nitrogen and oxygen atoms in total. The molecule has 0 aromatic heterocycles. The van der Waals surface area contributed by atoms with Crippen LogP contribution in [-0.4, -0.2) is 96.4 Å². The molecule has 18 unspecified atom stereocenters. The molecular formula is C42H50F9NO13S. The normalized spacial score (nSPS) is 41.0. The van der Waals surface area contributed by atoms with Gasteiger partial charge in [-0.1, -0.05) is 13.8 Å². The molecule has 2 heterocycles. The van der Waals surface area contributed by atoms with E-state index in [0.29, 0.717) is 25.7 Å². The molecule has 6 bridgehead atoms. The summed E-state index contributed by atoms with van der Waals surface area (Å²) in [5, 5.41) is 1.16. The van der Waals surface area contributed by atoms with E-state index in [-0.39, 0.29) is 60.4 Å². The minimum Gasteiger partial charge on any atom is -0.463 e. The molecule has 6 aliphatic carbocycles. The maximum Gasteiger partial charge on any atom is 0.460 e. The second-order valence-corrected chi connectivity index (χ2v) is 22.5. The van der Waals surface area contributed by atoms with E-state index in [9.17, 15) is 81.8 Å². The molecule has 8 rings (SSSR count). The van der Waals surface area contributed by atoms with E-state index in [4.69, 9.17) is 14.2 Å². The fourth-order valence-corrected chi connectivity index (χ4v) is 15.4. The fourth-order valence-electron chi connectivity index (χ4n) is 14.5. The molecule has 18 atom stereocenters. The summed E-state index contributed by atoms with van der Waals surface area (Å²) in [4.78, 5) is 82.5. The number of carbonyl (C=O) groups is 6. The van der Waals surface area contributed by atoms with Crippen molar-refractivity contribution in [1.29, 1.82) is 0 Å². The number of nitrogens with zero attached hydrogens (tertiary/aromatic N) is 1. The topological polar surface area (TPSA) is 197 Å². The number of esters is 4. The minimum atomic E-state index is -7.71. The van der Waals surface area contributed by atoms with Gasteiger partial charge in [0.1, 0.15) is 12.2 Å². The number of aliphatic hydroxyl groups is 1. The number of fused-ring (bicyclic) bond motifs is 9. The average molecular weight is 980 g/mol. The van der Waals surface area contributed by atoms with Gasteiger partial charge in [-0.2, -0.15) is 47.9 Å². The van der Waals surface area contributed by atoms with Gasteiger partial charge < -0.3 is 19.3 Å². The van der Waals surface area contributed by atoms with Crippen LogP contribution >= 0.6 is 0 Å². The number of alkyl halides is 9. The predicted octanol–water partition coefficient (Wildman–Crippen LogP) is 5.56. The largest absolute Gasteiger partial charge is 0.463 e. The van der Waals surface area contributed by atoms with Crippen molar-refractivity contribution >= 4 is 45.8 Å². The van der Waals surface area contributed by atoms with Crippen molar-refractivity contribution in [2.24, 2.45) is 107 Å². The van der Waals surface area contributed by atoms with Crippen LogP contribution < -0.4 is 0 Å². The zero-order valence-electron chi connectivity index (χ0n) is 36.2. The molecule has 0 spiro atoms. The highest BCUT2D eigenvalue weighted by Gasteiger charge is 2.86. The Kier molecular flexibility index (Phi) is 11.7. The van der Waals surface area contributed by atoms with Gasteiger partial charge in [0.15, 0.2) is 0 Å². The highest BCUT2D eigenvalue weighted by Crippen LogP contribution is 2.69. The first-order valence-electron chi connectivity index (χ1n) is 22.1. The highest BCUT2D eigenvalue weighted by molar-refractivity contribution is 7.87. The summed E-state index contributed by atoms with van der Waals surface area (Å²) >= 11 is 0. The van der Waals surface area contributed by atoms with Crippen LogP contribution in [0, 0.1) is 107 Å². The number of aliphatic hydroxyl groups excluding tert-OH is 1. The zero-order valence-corrected chi connectivity index (χ0v) is 37.0. The van der Waals surface area contributed by atoms with Crippen LogP contribution in [0.1, 0.15) is 73.1 Å². The SMILES string of the molecule is CC1C2CC(C(=O)OC(C)(C)C)C(C2)C1CC1C2CC(C(=O)OCCO)C(C2)C1C1C(=O)OC(=O)C1C1C(C)C2CC1C1C(=O)N(OS(=O)(=O)C(F)(F)C(F)(F)C(F)(F)C(F)(F)F)C(=O)C21. The Balaban J connectivity index is 1.09. The van der Waals surface area contributed by atoms with E-state index in [1.165, 1.54) is 0 Å². The van der Waals surface area contributed by atoms with Gasteiger partial charge in [0, 0.05) is 0 Å². The van der Waals surface area contributed by atoms with Gasteiger partial charge >= 0.3 is 57.3 Å². The van der Waals surface area contributed by atoms with Crippen molar-refractivity contribution in [3.05, 3.63) is 0 Å². The summed E-state index contributed by atoms with van der Waals surface area (Å²) in [6.07, 6.45) is -4.72. The molecule has 0 radical (unpaired) electrons. The lowest BCUT2D eigenvalue weighted by atomic mass is 9.57. The molecule has 8 aliphatic rings. The summed E-state index contributed by atoms with van der Waals surface area (Å²) in [5.41, 5.74) is -0.734. The Hall–Kier alpha value is -3.54. The Morgan fingerprint density at radius 3 is 1.79 bits per heavy atom. The molecule has 2 saturated heterocycles. The van der Waals surface area contributed by atoms with E-state index >= 15 is 0 Å². The van der Waals surface area contributed by atoms with Gasteiger partial charge in [-0.3, -0.25) is 28.8 Å². The van der Waals surface area contributed by atoms with Crippen molar-refractivity contribution in [3.63, 3.8) is 0 Å². The Bertz CT molecular complexity index is 2180. The molecule has 2 amide bonds. The minimum absolute atomic E-state index is 0.0296. The Labute approximate surface area is 372 Å². The smallest absolute Gasteiger partial charge is 0.460 e. The van der Waals surface area contributed by atoms with E-state index in [1.807, 2.05) is 0 Å². The summed E-state index contributed by atoms with van der Waals surface area (Å²) in [5.74, 6) is -34.1. The molecule has 24 heteroatoms. The van der Waals surface area contributed by atoms with Crippen LogP contribution in [0.15, 0.2) is 0 Å². The van der Waals surface area contributed by atoms with Crippen molar-refractivity contribution in [3.8, 4) is 0 Å². The number of imide groups is 1. The number of hydrogen-bond acceptors (Lipinski definition) is 13. The molecule has 6 saturated carbocycles. The summed E-state index contributed by atoms with van der Waals surface area (Å²) < 4.78 is 169. The highest BCUT2D eigenvalue weighted by atomic mass is 32.2. The van der Waals surface area contributed by atoms with Crippen LogP contribution in [0.5, 0.6) is 0 Å². The number of halogens is 9. The lowest BCUT2D eigenvalue weighted by Crippen LogP contribution is -2.64. The summed E-state index contributed by atoms with van der Waals surface area (Å²) in [6.45, 7) is 8.19. The maximum absolute atomic E-state index is 14.7. The Morgan fingerprint density at radius 2 is 1.23 bits per heavy atom. The van der Waals surface area contributed by atoms with Gasteiger partial charge in [0.05, 0.1) is 42.1 Å². The fraction of sp³-hybridized carbons (Fsp3) is 0.857. The average Bonchev–Trinajstić information content (AvgIpc) is 4.08. The third kappa shape index (κ3) is 7.02. The second-order valence-electron chi connectivity index (χ2n) is 20.9. The van der Waals surface area contributed by atoms with E-state index < -0.39 is 145 Å². The van der Waals surface area contributed by atoms with Crippen LogP contribution in [0.3, 0.4) is 0 Å². The summed E-state index contributed by atoms with van der Waals surface area (Å²) in [6, 6.07) is 0. The molecule has 66 heavy (non-hydrogen) atoms. The van der Waals surface area contributed by atoms with Crippen LogP contribution in [-0.2, 0) is 57.4 Å². The van der Waals surface area contributed by atoms with Crippen molar-refractivity contribution < 1.29 is 100 Å². The van der Waals surface area contributed by atoms with Crippen LogP contribution in [0.25, 0.3) is 0 Å². The number of hydrogen-bond donors (Lipinski definition) is 1. The maximum atomic E-state index is 14.7. The first-order chi connectivity index (χ1) is 30.3. The van der Waals surface area contributed by atoms with E-state index in [1.54, 1.807) is 27.7 Å². The van der Waals surface area contributed by atoms with Crippen LogP contribution in [0.4, 0.5) is 39.5 Å². The van der Waals surface area contributed by atoms with Gasteiger partial charge in [-0.15, -0.1) is 9.35 Å². The molecule has 0 aromatic carbocycles. The van der Waals surface area contributed by atoms with Crippen molar-refractivity contribution in [2.45, 2.75) is 102 Å². The number of carbonyl (C=O) groups excluding carboxylic acids is 6. The summed E-state index contributed by atoms with van der Waals surface area (Å²) in [7, 11) is -7.67. The molecule has 8 fully saturated rings. The number of hydroxylamine groups is 2. The Morgan fingerprint density at radius 1 is 0.682 bits per heavy atom. The molecule has 370 valence electrons. The van der Waals surface area contributed by atoms with Crippen LogP contribution in [0.2, 0.25) is 0 Å². The van der Waals surface area contributed by atoms with Gasteiger partial charge in [-0.05, 0) is 130 Å². The second kappa shape index (κ2) is 15.7. The third-order valence-electron chi connectivity index (χ3n) is 16.9. The molecular weight excluding hydrogens is 930 g/mol. The molecule has 1 N–H and O–H groups in total. The zero-order chi connectivity index (χ0) is 48.9. The predicted molar refractivity (Wildman–Crippen MR) is 200 cm³/mol. The molecule has 2 aliphatic heterocycles. The lowest BCUT2D eigenvalue weighted by Gasteiger charge is -2.44. The number of rotatable bonds is 13. The van der Waals surface area contributed by atoms with Crippen molar-refractivity contribution in [1.82, 2.24) is 5.06 Å². The quantitative estimate of drug-likeness (QED) is 0.0793. The van der Waals surface area contributed by atoms with E-state index in [0.717, 1.165) is 6.42 Å². The number of amides is 2. The number of cyclic esters (lactones) is 2. The van der Waals surface area contributed by atoms with Gasteiger partial charge in [-0.25, -0.2) is 0 Å². The first kappa shape index (κ1) is 48.9. The monoisotopic (exact) mass is 979 g/mol. The standard InChI is InChI=1S/C42H50F9NO13S/c1-14-16-8-21(23(9-16)35(57)64-38(3,4)5)18(14)12-20-17-10-22(24(11-17)34(56)62-7-6-53)27(20)31-30(36(58)63-37(31)59)26-15(2)19-13-25(26)29-28(19)32(54)52(33(29)55)65-66(60,61)42(50,51)40(45,46)39(43,44)41(47,48)49/h14-31,53H,6-13H2,1-5H3. The first-order valence-corrected chi connectivity index (χ1v) is 23.5. The van der Waals surface area contributed by atoms with E-state index in [2.05, 4.69) is 11.2 Å². The van der Waals surface area contributed by atoms with Gasteiger partial charge in [0.25, 0.3) is 11.8 Å². The molecule has 0 aromatic rings.